The second-order valence-electron chi connectivity index (χ2n) is 7.23. The summed E-state index contributed by atoms with van der Waals surface area (Å²) < 4.78 is 32.2. The van der Waals surface area contributed by atoms with E-state index in [9.17, 15) is 13.2 Å². The molecule has 0 aliphatic carbocycles. The molecule has 3 aromatic rings. The van der Waals surface area contributed by atoms with Crippen molar-refractivity contribution in [3.63, 3.8) is 0 Å². The van der Waals surface area contributed by atoms with Crippen molar-refractivity contribution >= 4 is 21.9 Å². The minimum atomic E-state index is -3.49. The molecule has 1 aliphatic rings. The monoisotopic (exact) mass is 433 g/mol. The molecule has 4 rings (SSSR count). The van der Waals surface area contributed by atoms with Gasteiger partial charge in [0, 0.05) is 18.7 Å². The summed E-state index contributed by atoms with van der Waals surface area (Å²) in [6.07, 6.45) is 3.35. The zero-order valence-corrected chi connectivity index (χ0v) is 17.8. The number of nitrogens with zero attached hydrogens (tertiary/aromatic N) is 1. The molecule has 0 atom stereocenters. The van der Waals surface area contributed by atoms with Crippen molar-refractivity contribution in [2.75, 3.05) is 26.3 Å². The predicted octanol–water partition coefficient (Wildman–Crippen LogP) is 4.27. The van der Waals surface area contributed by atoms with E-state index in [1.54, 1.807) is 36.4 Å². The first-order chi connectivity index (χ1) is 15.0. The average molecular weight is 434 g/mol. The summed E-state index contributed by atoms with van der Waals surface area (Å²) in [5, 5.41) is 0. The van der Waals surface area contributed by atoms with Crippen molar-refractivity contribution in [2.45, 2.75) is 4.90 Å². The summed E-state index contributed by atoms with van der Waals surface area (Å²) in [6, 6.07) is 23.8. The zero-order valence-electron chi connectivity index (χ0n) is 17.0. The third-order valence-electron chi connectivity index (χ3n) is 5.19. The van der Waals surface area contributed by atoms with E-state index in [2.05, 4.69) is 0 Å². The SMILES string of the molecule is O=C(/C=C/c1ccc(-c2ccc(S(=O)(=O)N3CCOCC3)cc2)cc1)c1ccccc1. The summed E-state index contributed by atoms with van der Waals surface area (Å²) in [5.74, 6) is -0.0401. The molecular formula is C25H23NO4S. The van der Waals surface area contributed by atoms with Crippen molar-refractivity contribution in [1.29, 1.82) is 0 Å². The largest absolute Gasteiger partial charge is 0.379 e. The van der Waals surface area contributed by atoms with E-state index >= 15 is 0 Å². The zero-order chi connectivity index (χ0) is 21.7. The molecule has 1 heterocycles. The van der Waals surface area contributed by atoms with Crippen molar-refractivity contribution < 1.29 is 17.9 Å². The number of sulfonamides is 1. The molecular weight excluding hydrogens is 410 g/mol. The lowest BCUT2D eigenvalue weighted by atomic mass is 10.0. The summed E-state index contributed by atoms with van der Waals surface area (Å²) in [4.78, 5) is 12.5. The second kappa shape index (κ2) is 9.39. The minimum absolute atomic E-state index is 0.0401. The molecule has 0 aromatic heterocycles. The van der Waals surface area contributed by atoms with Crippen LogP contribution in [0.5, 0.6) is 0 Å². The van der Waals surface area contributed by atoms with Gasteiger partial charge in [-0.05, 0) is 34.9 Å². The Labute approximate surface area is 182 Å². The fraction of sp³-hybridized carbons (Fsp3) is 0.160. The number of benzene rings is 3. The Morgan fingerprint density at radius 3 is 2.00 bits per heavy atom. The van der Waals surface area contributed by atoms with E-state index < -0.39 is 10.0 Å². The van der Waals surface area contributed by atoms with Gasteiger partial charge in [-0.2, -0.15) is 4.31 Å². The van der Waals surface area contributed by atoms with Crippen molar-refractivity contribution in [1.82, 2.24) is 4.31 Å². The lowest BCUT2D eigenvalue weighted by molar-refractivity contribution is 0.0730. The maximum atomic E-state index is 12.7. The molecule has 5 nitrogen and oxygen atoms in total. The molecule has 1 saturated heterocycles. The molecule has 6 heteroatoms. The van der Waals surface area contributed by atoms with Gasteiger partial charge in [-0.3, -0.25) is 4.79 Å². The number of ketones is 1. The van der Waals surface area contributed by atoms with Crippen LogP contribution in [0, 0.1) is 0 Å². The number of ether oxygens (including phenoxy) is 1. The van der Waals surface area contributed by atoms with Gasteiger partial charge in [0.1, 0.15) is 0 Å². The lowest BCUT2D eigenvalue weighted by Gasteiger charge is -2.26. The first kappa shape index (κ1) is 21.2. The van der Waals surface area contributed by atoms with E-state index in [1.807, 2.05) is 54.6 Å². The van der Waals surface area contributed by atoms with Crippen LogP contribution in [0.4, 0.5) is 0 Å². The third kappa shape index (κ3) is 4.99. The maximum Gasteiger partial charge on any atom is 0.243 e. The molecule has 0 spiro atoms. The first-order valence-electron chi connectivity index (χ1n) is 10.1. The van der Waals surface area contributed by atoms with E-state index in [-0.39, 0.29) is 10.7 Å². The molecule has 0 saturated carbocycles. The molecule has 0 radical (unpaired) electrons. The fourth-order valence-electron chi connectivity index (χ4n) is 3.41. The molecule has 3 aromatic carbocycles. The van der Waals surface area contributed by atoms with Gasteiger partial charge in [0.25, 0.3) is 0 Å². The summed E-state index contributed by atoms with van der Waals surface area (Å²) in [7, 11) is -3.49. The molecule has 0 unspecified atom stereocenters. The highest BCUT2D eigenvalue weighted by atomic mass is 32.2. The topological polar surface area (TPSA) is 63.7 Å². The first-order valence-corrected chi connectivity index (χ1v) is 11.5. The number of morpholine rings is 1. The van der Waals surface area contributed by atoms with Crippen LogP contribution < -0.4 is 0 Å². The predicted molar refractivity (Wildman–Crippen MR) is 121 cm³/mol. The van der Waals surface area contributed by atoms with Crippen LogP contribution >= 0.6 is 0 Å². The number of rotatable bonds is 6. The van der Waals surface area contributed by atoms with Crippen LogP contribution in [-0.4, -0.2) is 44.8 Å². The van der Waals surface area contributed by atoms with Gasteiger partial charge in [-0.25, -0.2) is 8.42 Å². The Morgan fingerprint density at radius 1 is 0.806 bits per heavy atom. The van der Waals surface area contributed by atoms with Crippen molar-refractivity contribution in [3.05, 3.63) is 96.1 Å². The van der Waals surface area contributed by atoms with Gasteiger partial charge in [0.05, 0.1) is 18.1 Å². The van der Waals surface area contributed by atoms with E-state index in [1.165, 1.54) is 4.31 Å². The molecule has 0 amide bonds. The third-order valence-corrected chi connectivity index (χ3v) is 7.10. The minimum Gasteiger partial charge on any atom is -0.379 e. The Kier molecular flexibility index (Phi) is 6.42. The summed E-state index contributed by atoms with van der Waals surface area (Å²) >= 11 is 0. The van der Waals surface area contributed by atoms with Gasteiger partial charge in [0.15, 0.2) is 5.78 Å². The average Bonchev–Trinajstić information content (AvgIpc) is 2.84. The number of allylic oxidation sites excluding steroid dienone is 1. The Hall–Kier alpha value is -3.06. The number of carbonyl (C=O) groups excluding carboxylic acids is 1. The molecule has 0 N–H and O–H groups in total. The fourth-order valence-corrected chi connectivity index (χ4v) is 4.82. The van der Waals surface area contributed by atoms with Gasteiger partial charge in [-0.15, -0.1) is 0 Å². The Bertz CT molecular complexity index is 1160. The Balaban J connectivity index is 1.45. The molecule has 31 heavy (non-hydrogen) atoms. The summed E-state index contributed by atoms with van der Waals surface area (Å²) in [5.41, 5.74) is 3.47. The smallest absolute Gasteiger partial charge is 0.243 e. The van der Waals surface area contributed by atoms with Crippen LogP contribution in [0.25, 0.3) is 17.2 Å². The van der Waals surface area contributed by atoms with Crippen LogP contribution in [0.3, 0.4) is 0 Å². The van der Waals surface area contributed by atoms with E-state index in [4.69, 9.17) is 4.74 Å². The van der Waals surface area contributed by atoms with Crippen molar-refractivity contribution in [3.8, 4) is 11.1 Å². The standard InChI is InChI=1S/C25H23NO4S/c27-25(23-4-2-1-3-5-23)15-8-20-6-9-21(10-7-20)22-11-13-24(14-12-22)31(28,29)26-16-18-30-19-17-26/h1-15H,16-19H2/b15-8+. The highest BCUT2D eigenvalue weighted by Crippen LogP contribution is 2.24. The van der Waals surface area contributed by atoms with Gasteiger partial charge < -0.3 is 4.74 Å². The second-order valence-corrected chi connectivity index (χ2v) is 9.16. The quantitative estimate of drug-likeness (QED) is 0.430. The maximum absolute atomic E-state index is 12.7. The van der Waals surface area contributed by atoms with Crippen molar-refractivity contribution in [2.24, 2.45) is 0 Å². The normalized spacial score (nSPS) is 15.2. The number of hydrogen-bond acceptors (Lipinski definition) is 4. The number of carbonyl (C=O) groups is 1. The van der Waals surface area contributed by atoms with Crippen LogP contribution in [-0.2, 0) is 14.8 Å². The lowest BCUT2D eigenvalue weighted by Crippen LogP contribution is -2.40. The van der Waals surface area contributed by atoms with Crippen LogP contribution in [0.15, 0.2) is 89.8 Å². The molecule has 0 bridgehead atoms. The highest BCUT2D eigenvalue weighted by molar-refractivity contribution is 7.89. The van der Waals surface area contributed by atoms with E-state index in [0.29, 0.717) is 31.9 Å². The van der Waals surface area contributed by atoms with Crippen LogP contribution in [0.1, 0.15) is 15.9 Å². The van der Waals surface area contributed by atoms with E-state index in [0.717, 1.165) is 16.7 Å². The molecule has 158 valence electrons. The van der Waals surface area contributed by atoms with Gasteiger partial charge in [-0.1, -0.05) is 72.8 Å². The van der Waals surface area contributed by atoms with Gasteiger partial charge >= 0.3 is 0 Å². The summed E-state index contributed by atoms with van der Waals surface area (Å²) in [6.45, 7) is 1.61. The van der Waals surface area contributed by atoms with Gasteiger partial charge in [0.2, 0.25) is 10.0 Å². The molecule has 1 aliphatic heterocycles. The van der Waals surface area contributed by atoms with Crippen LogP contribution in [0.2, 0.25) is 0 Å². The molecule has 1 fully saturated rings. The number of hydrogen-bond donors (Lipinski definition) is 0. The highest BCUT2D eigenvalue weighted by Gasteiger charge is 2.26. The Morgan fingerprint density at radius 2 is 1.39 bits per heavy atom.